The molecule has 6 heteroatoms. The minimum absolute atomic E-state index is 0.0839. The van der Waals surface area contributed by atoms with Gasteiger partial charge in [0.15, 0.2) is 0 Å². The van der Waals surface area contributed by atoms with E-state index < -0.39 is 0 Å². The summed E-state index contributed by atoms with van der Waals surface area (Å²) in [6.45, 7) is 1.04. The molecule has 1 aliphatic rings. The molecule has 3 rings (SSSR count). The first-order valence-electron chi connectivity index (χ1n) is 6.97. The number of hydrogen-bond acceptors (Lipinski definition) is 3. The average molecular weight is 349 g/mol. The molecule has 110 valence electrons. The second kappa shape index (κ2) is 5.89. The van der Waals surface area contributed by atoms with Crippen molar-refractivity contribution < 1.29 is 4.79 Å². The Hall–Kier alpha value is -1.82. The van der Waals surface area contributed by atoms with Gasteiger partial charge >= 0.3 is 0 Å². The standard InChI is InChI=1S/C15H17BrN4O/c16-12-4-1-3-11(9-12)13-5-2-7-20(13)15(21)10-19-8-6-14(17)18-19/h1,3-4,6,8-9,13H,2,5,7,10H2,(H2,17,18). The van der Waals surface area contributed by atoms with Gasteiger partial charge in [0.25, 0.3) is 0 Å². The van der Waals surface area contributed by atoms with Gasteiger partial charge < -0.3 is 10.6 Å². The number of anilines is 1. The van der Waals surface area contributed by atoms with Crippen LogP contribution in [0.1, 0.15) is 24.4 Å². The van der Waals surface area contributed by atoms with E-state index in [2.05, 4.69) is 33.2 Å². The molecule has 2 aromatic rings. The predicted octanol–water partition coefficient (Wildman–Crippen LogP) is 2.59. The fraction of sp³-hybridized carbons (Fsp3) is 0.333. The first-order valence-corrected chi connectivity index (χ1v) is 7.76. The fourth-order valence-electron chi connectivity index (χ4n) is 2.82. The summed E-state index contributed by atoms with van der Waals surface area (Å²) >= 11 is 3.49. The Morgan fingerprint density at radius 3 is 3.00 bits per heavy atom. The van der Waals surface area contributed by atoms with E-state index in [0.29, 0.717) is 5.82 Å². The average Bonchev–Trinajstić information content (AvgIpc) is 3.07. The topological polar surface area (TPSA) is 64.2 Å². The number of halogens is 1. The molecule has 1 atom stereocenters. The van der Waals surface area contributed by atoms with Gasteiger partial charge in [-0.3, -0.25) is 9.48 Å². The lowest BCUT2D eigenvalue weighted by molar-refractivity contribution is -0.133. The molecule has 1 aliphatic heterocycles. The summed E-state index contributed by atoms with van der Waals surface area (Å²) in [6, 6.07) is 10.0. The monoisotopic (exact) mass is 348 g/mol. The Balaban J connectivity index is 1.75. The number of benzene rings is 1. The molecule has 1 aromatic carbocycles. The van der Waals surface area contributed by atoms with E-state index in [1.807, 2.05) is 17.0 Å². The van der Waals surface area contributed by atoms with Crippen molar-refractivity contribution >= 4 is 27.7 Å². The van der Waals surface area contributed by atoms with Gasteiger partial charge in [-0.1, -0.05) is 28.1 Å². The number of nitrogens with zero attached hydrogens (tertiary/aromatic N) is 3. The van der Waals surface area contributed by atoms with Crippen LogP contribution in [-0.2, 0) is 11.3 Å². The Bertz CT molecular complexity index is 655. The molecule has 0 bridgehead atoms. The van der Waals surface area contributed by atoms with Crippen LogP contribution in [0.15, 0.2) is 41.0 Å². The molecule has 1 saturated heterocycles. The molecule has 1 amide bonds. The van der Waals surface area contributed by atoms with Gasteiger partial charge in [0.1, 0.15) is 12.4 Å². The molecule has 0 spiro atoms. The molecule has 1 aromatic heterocycles. The molecule has 2 N–H and O–H groups in total. The van der Waals surface area contributed by atoms with E-state index in [4.69, 9.17) is 5.73 Å². The van der Waals surface area contributed by atoms with Crippen LogP contribution in [0.2, 0.25) is 0 Å². The lowest BCUT2D eigenvalue weighted by atomic mass is 10.0. The van der Waals surface area contributed by atoms with Gasteiger partial charge in [-0.25, -0.2) is 0 Å². The summed E-state index contributed by atoms with van der Waals surface area (Å²) in [5, 5.41) is 4.07. The Morgan fingerprint density at radius 2 is 2.29 bits per heavy atom. The van der Waals surface area contributed by atoms with Crippen LogP contribution in [0.4, 0.5) is 5.82 Å². The van der Waals surface area contributed by atoms with E-state index in [0.717, 1.165) is 23.9 Å². The summed E-state index contributed by atoms with van der Waals surface area (Å²) in [5.41, 5.74) is 6.76. The Labute approximate surface area is 131 Å². The van der Waals surface area contributed by atoms with Crippen LogP contribution < -0.4 is 5.73 Å². The van der Waals surface area contributed by atoms with Crippen molar-refractivity contribution in [3.05, 3.63) is 46.6 Å². The maximum Gasteiger partial charge on any atom is 0.244 e. The lowest BCUT2D eigenvalue weighted by Crippen LogP contribution is -2.33. The van der Waals surface area contributed by atoms with Crippen LogP contribution in [0, 0.1) is 0 Å². The third-order valence-corrected chi connectivity index (χ3v) is 4.26. The number of amides is 1. The summed E-state index contributed by atoms with van der Waals surface area (Å²) in [4.78, 5) is 14.4. The van der Waals surface area contributed by atoms with Crippen molar-refractivity contribution in [1.82, 2.24) is 14.7 Å². The zero-order chi connectivity index (χ0) is 14.8. The van der Waals surface area contributed by atoms with Gasteiger partial charge in [0.2, 0.25) is 5.91 Å². The molecular weight excluding hydrogens is 332 g/mol. The number of aromatic nitrogens is 2. The van der Waals surface area contributed by atoms with E-state index in [-0.39, 0.29) is 18.5 Å². The Morgan fingerprint density at radius 1 is 1.43 bits per heavy atom. The molecule has 21 heavy (non-hydrogen) atoms. The van der Waals surface area contributed by atoms with Gasteiger partial charge in [-0.2, -0.15) is 5.10 Å². The van der Waals surface area contributed by atoms with Crippen LogP contribution in [0.5, 0.6) is 0 Å². The molecule has 2 heterocycles. The Kier molecular flexibility index (Phi) is 3.96. The van der Waals surface area contributed by atoms with Gasteiger partial charge in [0.05, 0.1) is 6.04 Å². The normalized spacial score (nSPS) is 18.1. The minimum Gasteiger partial charge on any atom is -0.382 e. The third-order valence-electron chi connectivity index (χ3n) is 3.77. The van der Waals surface area contributed by atoms with Crippen molar-refractivity contribution in [2.75, 3.05) is 12.3 Å². The second-order valence-corrected chi connectivity index (χ2v) is 6.15. The van der Waals surface area contributed by atoms with Crippen molar-refractivity contribution in [2.24, 2.45) is 0 Å². The molecular formula is C15H17BrN4O. The first kappa shape index (κ1) is 14.1. The SMILES string of the molecule is Nc1ccn(CC(=O)N2CCCC2c2cccc(Br)c2)n1. The van der Waals surface area contributed by atoms with Crippen molar-refractivity contribution in [1.29, 1.82) is 0 Å². The fourth-order valence-corrected chi connectivity index (χ4v) is 3.24. The van der Waals surface area contributed by atoms with Crippen molar-refractivity contribution in [3.63, 3.8) is 0 Å². The summed E-state index contributed by atoms with van der Waals surface area (Å²) < 4.78 is 2.63. The number of nitrogens with two attached hydrogens (primary N) is 1. The van der Waals surface area contributed by atoms with E-state index >= 15 is 0 Å². The molecule has 1 fully saturated rings. The molecule has 0 saturated carbocycles. The smallest absolute Gasteiger partial charge is 0.244 e. The highest BCUT2D eigenvalue weighted by molar-refractivity contribution is 9.10. The van der Waals surface area contributed by atoms with Crippen LogP contribution in [-0.4, -0.2) is 27.1 Å². The van der Waals surface area contributed by atoms with E-state index in [9.17, 15) is 4.79 Å². The highest BCUT2D eigenvalue weighted by atomic mass is 79.9. The predicted molar refractivity (Wildman–Crippen MR) is 84.5 cm³/mol. The summed E-state index contributed by atoms with van der Waals surface area (Å²) in [5.74, 6) is 0.522. The number of hydrogen-bond donors (Lipinski definition) is 1. The quantitative estimate of drug-likeness (QED) is 0.926. The van der Waals surface area contributed by atoms with Gasteiger partial charge in [-0.05, 0) is 36.6 Å². The minimum atomic E-state index is 0.0839. The lowest BCUT2D eigenvalue weighted by Gasteiger charge is -2.25. The van der Waals surface area contributed by atoms with E-state index in [1.165, 1.54) is 5.56 Å². The highest BCUT2D eigenvalue weighted by Crippen LogP contribution is 2.33. The highest BCUT2D eigenvalue weighted by Gasteiger charge is 2.30. The van der Waals surface area contributed by atoms with Gasteiger partial charge in [0, 0.05) is 17.2 Å². The summed E-state index contributed by atoms with van der Waals surface area (Å²) in [6.07, 6.45) is 3.77. The number of carbonyl (C=O) groups is 1. The van der Waals surface area contributed by atoms with Crippen LogP contribution in [0.25, 0.3) is 0 Å². The number of nitrogen functional groups attached to an aromatic ring is 1. The van der Waals surface area contributed by atoms with Crippen LogP contribution >= 0.6 is 15.9 Å². The number of rotatable bonds is 3. The van der Waals surface area contributed by atoms with Crippen molar-refractivity contribution in [2.45, 2.75) is 25.4 Å². The van der Waals surface area contributed by atoms with Gasteiger partial charge in [-0.15, -0.1) is 0 Å². The van der Waals surface area contributed by atoms with Crippen LogP contribution in [0.3, 0.4) is 0 Å². The largest absolute Gasteiger partial charge is 0.382 e. The molecule has 1 unspecified atom stereocenters. The van der Waals surface area contributed by atoms with E-state index in [1.54, 1.807) is 16.9 Å². The molecule has 0 aliphatic carbocycles. The molecule has 0 radical (unpaired) electrons. The third kappa shape index (κ3) is 3.10. The maximum absolute atomic E-state index is 12.5. The maximum atomic E-state index is 12.5. The number of carbonyl (C=O) groups excluding carboxylic acids is 1. The zero-order valence-corrected chi connectivity index (χ0v) is 13.2. The number of likely N-dealkylation sites (tertiary alicyclic amines) is 1. The first-order chi connectivity index (χ1) is 10.1. The van der Waals surface area contributed by atoms with Crippen molar-refractivity contribution in [3.8, 4) is 0 Å². The zero-order valence-electron chi connectivity index (χ0n) is 11.6. The molecule has 5 nitrogen and oxygen atoms in total. The summed E-state index contributed by atoms with van der Waals surface area (Å²) in [7, 11) is 0. The second-order valence-electron chi connectivity index (χ2n) is 5.24.